The highest BCUT2D eigenvalue weighted by atomic mass is 31.2. The van der Waals surface area contributed by atoms with E-state index in [4.69, 9.17) is 18.5 Å². The third-order valence-electron chi connectivity index (χ3n) is 9.77. The summed E-state index contributed by atoms with van der Waals surface area (Å²) in [5, 5.41) is 50.1. The Morgan fingerprint density at radius 1 is 0.517 bits per heavy atom. The number of allylic oxidation sites excluding steroid dienone is 12. The Kier molecular flexibility index (Phi) is 33.0. The van der Waals surface area contributed by atoms with Crippen LogP contribution in [0.5, 0.6) is 0 Å². The van der Waals surface area contributed by atoms with E-state index in [9.17, 15) is 44.6 Å². The van der Waals surface area contributed by atoms with Crippen molar-refractivity contribution in [2.24, 2.45) is 0 Å². The fraction of sp³-hybridized carbons (Fsp3) is 0.696. The van der Waals surface area contributed by atoms with Crippen LogP contribution in [-0.2, 0) is 32.7 Å². The number of carbonyl (C=O) groups is 2. The van der Waals surface area contributed by atoms with Crippen molar-refractivity contribution in [2.75, 3.05) is 13.2 Å². The number of hydrogen-bond donors (Lipinski definition) is 6. The van der Waals surface area contributed by atoms with Gasteiger partial charge in [-0.25, -0.2) is 4.57 Å². The zero-order chi connectivity index (χ0) is 44.3. The summed E-state index contributed by atoms with van der Waals surface area (Å²) in [6, 6.07) is 0. The second-order valence-electron chi connectivity index (χ2n) is 15.2. The molecule has 1 saturated carbocycles. The first-order chi connectivity index (χ1) is 28.9. The number of hydrogen-bond acceptors (Lipinski definition) is 12. The van der Waals surface area contributed by atoms with Crippen LogP contribution in [0.1, 0.15) is 149 Å². The zero-order valence-corrected chi connectivity index (χ0v) is 37.1. The van der Waals surface area contributed by atoms with E-state index < -0.39 is 75.7 Å². The summed E-state index contributed by atoms with van der Waals surface area (Å²) in [5.41, 5.74) is 0. The quantitative estimate of drug-likeness (QED) is 0.0153. The predicted molar refractivity (Wildman–Crippen MR) is 235 cm³/mol. The summed E-state index contributed by atoms with van der Waals surface area (Å²) in [6.07, 6.45) is 31.0. The molecular weight excluding hydrogens is 791 g/mol. The largest absolute Gasteiger partial charge is 0.472 e. The van der Waals surface area contributed by atoms with Crippen LogP contribution in [0.15, 0.2) is 72.9 Å². The van der Waals surface area contributed by atoms with Gasteiger partial charge in [-0.05, 0) is 77.0 Å². The molecule has 0 aromatic rings. The number of phosphoric ester groups is 1. The standard InChI is InChI=1S/C46H77O13P/c1-3-5-7-9-11-13-15-17-19-20-21-23-24-26-28-30-32-34-39(47)56-36-38(37-57-60(54,55)59-46-44(52)42(50)41(49)43(51)45(46)53)58-40(48)35-33-31-29-27-25-22-18-16-14-12-10-8-6-4-2/h10-13,16-19,21,23,26,28,38,41-46,49-53H,3-9,14-15,20,22,24-25,27,29-37H2,1-2H3,(H,54,55)/b12-10+,13-11+,18-16+,19-17+,23-21+,28-26+/t38-,41?,42-,43?,44?,45?,46?/m0/s1. The lowest BCUT2D eigenvalue weighted by molar-refractivity contribution is -0.220. The Hall–Kier alpha value is -2.71. The number of ether oxygens (including phenoxy) is 2. The Bertz CT molecular complexity index is 1330. The van der Waals surface area contributed by atoms with Crippen molar-refractivity contribution in [1.29, 1.82) is 0 Å². The molecule has 0 bridgehead atoms. The molecule has 0 radical (unpaired) electrons. The zero-order valence-electron chi connectivity index (χ0n) is 36.2. The summed E-state index contributed by atoms with van der Waals surface area (Å²) in [4.78, 5) is 35.6. The molecule has 0 spiro atoms. The van der Waals surface area contributed by atoms with E-state index in [1.54, 1.807) is 0 Å². The molecule has 6 unspecified atom stereocenters. The second-order valence-corrected chi connectivity index (χ2v) is 16.6. The third kappa shape index (κ3) is 28.0. The maximum absolute atomic E-state index is 12.8. The average Bonchev–Trinajstić information content (AvgIpc) is 3.23. The van der Waals surface area contributed by atoms with Crippen LogP contribution in [0.2, 0.25) is 0 Å². The molecule has 0 aromatic carbocycles. The van der Waals surface area contributed by atoms with Crippen LogP contribution in [0.25, 0.3) is 0 Å². The van der Waals surface area contributed by atoms with Gasteiger partial charge in [-0.15, -0.1) is 0 Å². The fourth-order valence-electron chi connectivity index (χ4n) is 6.12. The molecule has 1 aliphatic rings. The topological polar surface area (TPSA) is 210 Å². The minimum absolute atomic E-state index is 0.0651. The summed E-state index contributed by atoms with van der Waals surface area (Å²) >= 11 is 0. The van der Waals surface area contributed by atoms with Gasteiger partial charge in [0.15, 0.2) is 6.10 Å². The minimum Gasteiger partial charge on any atom is -0.462 e. The number of esters is 2. The van der Waals surface area contributed by atoms with E-state index in [-0.39, 0.29) is 12.8 Å². The van der Waals surface area contributed by atoms with Gasteiger partial charge in [0, 0.05) is 12.8 Å². The maximum atomic E-state index is 12.8. The smallest absolute Gasteiger partial charge is 0.462 e. The second kappa shape index (κ2) is 35.8. The van der Waals surface area contributed by atoms with E-state index in [0.717, 1.165) is 70.6 Å². The molecular formula is C46H77O13P. The highest BCUT2D eigenvalue weighted by molar-refractivity contribution is 7.47. The van der Waals surface area contributed by atoms with E-state index in [1.807, 2.05) is 12.2 Å². The number of aliphatic hydroxyl groups excluding tert-OH is 5. The molecule has 1 fully saturated rings. The minimum atomic E-state index is -5.14. The third-order valence-corrected chi connectivity index (χ3v) is 10.8. The molecule has 0 aliphatic heterocycles. The molecule has 0 aromatic heterocycles. The Morgan fingerprint density at radius 3 is 1.47 bits per heavy atom. The molecule has 344 valence electrons. The highest BCUT2D eigenvalue weighted by Gasteiger charge is 2.51. The molecule has 8 atom stereocenters. The van der Waals surface area contributed by atoms with Gasteiger partial charge in [0.05, 0.1) is 6.61 Å². The molecule has 0 saturated heterocycles. The monoisotopic (exact) mass is 869 g/mol. The van der Waals surface area contributed by atoms with Gasteiger partial charge in [0.25, 0.3) is 0 Å². The normalized spacial score (nSPS) is 22.9. The van der Waals surface area contributed by atoms with E-state index in [0.29, 0.717) is 19.3 Å². The first kappa shape index (κ1) is 55.3. The van der Waals surface area contributed by atoms with Crippen molar-refractivity contribution >= 4 is 19.8 Å². The summed E-state index contributed by atoms with van der Waals surface area (Å²) < 4.78 is 33.4. The van der Waals surface area contributed by atoms with Crippen molar-refractivity contribution in [2.45, 2.75) is 191 Å². The van der Waals surface area contributed by atoms with Gasteiger partial charge in [0.2, 0.25) is 0 Å². The number of aliphatic hydroxyl groups is 5. The number of carbonyl (C=O) groups excluding carboxylic acids is 2. The molecule has 0 heterocycles. The van der Waals surface area contributed by atoms with Crippen LogP contribution in [0, 0.1) is 0 Å². The number of phosphoric acid groups is 1. The van der Waals surface area contributed by atoms with Crippen molar-refractivity contribution in [3.63, 3.8) is 0 Å². The summed E-state index contributed by atoms with van der Waals surface area (Å²) in [6.45, 7) is 3.15. The van der Waals surface area contributed by atoms with E-state index in [1.165, 1.54) is 32.1 Å². The van der Waals surface area contributed by atoms with E-state index in [2.05, 4.69) is 74.6 Å². The molecule has 60 heavy (non-hydrogen) atoms. The number of rotatable bonds is 35. The molecule has 14 heteroatoms. The van der Waals surface area contributed by atoms with Gasteiger partial charge < -0.3 is 39.9 Å². The number of unbranched alkanes of at least 4 members (excludes halogenated alkanes) is 11. The molecule has 1 aliphatic carbocycles. The molecule has 13 nitrogen and oxygen atoms in total. The SMILES string of the molecule is CCCC/C=C/C/C=C/CCCCCCCC(=O)O[C@@H](COC(=O)CCC/C=C/C/C=C/C/C=C/C/C=C/CCCCC)COP(=O)(O)OC1C(O)C(O)C(O)[C@H](O)C1O. The molecule has 6 N–H and O–H groups in total. The fourth-order valence-corrected chi connectivity index (χ4v) is 7.09. The van der Waals surface area contributed by atoms with Crippen LogP contribution in [-0.4, -0.2) is 98.3 Å². The Morgan fingerprint density at radius 2 is 0.933 bits per heavy atom. The lowest BCUT2D eigenvalue weighted by Crippen LogP contribution is -2.64. The molecule has 0 amide bonds. The Balaban J connectivity index is 2.54. The molecule has 1 rings (SSSR count). The first-order valence-corrected chi connectivity index (χ1v) is 23.7. The van der Waals surface area contributed by atoms with Gasteiger partial charge in [-0.1, -0.05) is 132 Å². The maximum Gasteiger partial charge on any atom is 0.472 e. The van der Waals surface area contributed by atoms with Gasteiger partial charge >= 0.3 is 19.8 Å². The van der Waals surface area contributed by atoms with Gasteiger partial charge in [-0.2, -0.15) is 0 Å². The lowest BCUT2D eigenvalue weighted by Gasteiger charge is -2.41. The first-order valence-electron chi connectivity index (χ1n) is 22.2. The van der Waals surface area contributed by atoms with Crippen molar-refractivity contribution < 1.29 is 63.1 Å². The van der Waals surface area contributed by atoms with E-state index >= 15 is 0 Å². The van der Waals surface area contributed by atoms with Crippen molar-refractivity contribution in [3.8, 4) is 0 Å². The lowest BCUT2D eigenvalue weighted by atomic mass is 9.85. The summed E-state index contributed by atoms with van der Waals surface area (Å²) in [7, 11) is -5.14. The highest BCUT2D eigenvalue weighted by Crippen LogP contribution is 2.47. The van der Waals surface area contributed by atoms with Crippen LogP contribution < -0.4 is 0 Å². The predicted octanol–water partition coefficient (Wildman–Crippen LogP) is 8.33. The van der Waals surface area contributed by atoms with Gasteiger partial charge in [0.1, 0.15) is 43.2 Å². The van der Waals surface area contributed by atoms with Crippen molar-refractivity contribution in [3.05, 3.63) is 72.9 Å². The van der Waals surface area contributed by atoms with Crippen LogP contribution in [0.3, 0.4) is 0 Å². The average molecular weight is 869 g/mol. The van der Waals surface area contributed by atoms with Crippen LogP contribution in [0.4, 0.5) is 0 Å². The van der Waals surface area contributed by atoms with Crippen LogP contribution >= 0.6 is 7.82 Å². The Labute approximate surface area is 359 Å². The van der Waals surface area contributed by atoms with Crippen molar-refractivity contribution in [1.82, 2.24) is 0 Å². The van der Waals surface area contributed by atoms with Gasteiger partial charge in [-0.3, -0.25) is 18.6 Å². The summed E-state index contributed by atoms with van der Waals surface area (Å²) in [5.74, 6) is -1.19.